The zero-order chi connectivity index (χ0) is 14.1. The van der Waals surface area contributed by atoms with Crippen LogP contribution in [0, 0.1) is 6.92 Å². The number of benzene rings is 1. The normalized spacial score (nSPS) is 10.1. The van der Waals surface area contributed by atoms with Gasteiger partial charge in [0.15, 0.2) is 0 Å². The zero-order valence-electron chi connectivity index (χ0n) is 11.7. The smallest absolute Gasteiger partial charge is 0.332 e. The second-order valence-electron chi connectivity index (χ2n) is 3.99. The van der Waals surface area contributed by atoms with Crippen molar-refractivity contribution >= 4 is 11.7 Å². The second-order valence-corrected chi connectivity index (χ2v) is 3.99. The highest BCUT2D eigenvalue weighted by atomic mass is 16.6. The number of hydrogen-bond acceptors (Lipinski definition) is 5. The van der Waals surface area contributed by atoms with Gasteiger partial charge in [0, 0.05) is 6.54 Å². The van der Waals surface area contributed by atoms with Crippen LogP contribution in [0.4, 0.5) is 5.69 Å². The van der Waals surface area contributed by atoms with E-state index in [1.165, 1.54) is 0 Å². The minimum Gasteiger partial charge on any atom is -0.495 e. The van der Waals surface area contributed by atoms with Crippen molar-refractivity contribution in [1.29, 1.82) is 0 Å². The molecule has 1 N–H and O–H groups in total. The number of hydrogen-bond donors (Lipinski definition) is 1. The number of methoxy groups -OCH3 is 1. The van der Waals surface area contributed by atoms with Gasteiger partial charge in [0.25, 0.3) is 0 Å². The third kappa shape index (κ3) is 5.61. The molecule has 5 nitrogen and oxygen atoms in total. The highest BCUT2D eigenvalue weighted by Gasteiger charge is 2.03. The molecule has 0 radical (unpaired) electrons. The van der Waals surface area contributed by atoms with Crippen molar-refractivity contribution in [3.63, 3.8) is 0 Å². The molecular weight excluding hydrogens is 246 g/mol. The molecule has 1 aromatic rings. The molecule has 0 aliphatic carbocycles. The summed E-state index contributed by atoms with van der Waals surface area (Å²) >= 11 is 0. The summed E-state index contributed by atoms with van der Waals surface area (Å²) in [4.78, 5) is 11.0. The van der Waals surface area contributed by atoms with Gasteiger partial charge in [-0.3, -0.25) is 0 Å². The molecule has 0 spiro atoms. The number of esters is 1. The Balaban J connectivity index is 2.29. The van der Waals surface area contributed by atoms with Crippen LogP contribution in [-0.4, -0.2) is 39.4 Å². The summed E-state index contributed by atoms with van der Waals surface area (Å²) in [6.07, 6.45) is 0. The van der Waals surface area contributed by atoms with Crippen LogP contribution in [0.3, 0.4) is 0 Å². The molecule has 0 atom stereocenters. The van der Waals surface area contributed by atoms with Crippen LogP contribution in [0.1, 0.15) is 12.5 Å². The number of carbonyl (C=O) groups is 1. The molecule has 0 amide bonds. The van der Waals surface area contributed by atoms with E-state index in [9.17, 15) is 4.79 Å². The molecule has 0 saturated carbocycles. The molecule has 1 aromatic carbocycles. The van der Waals surface area contributed by atoms with Gasteiger partial charge in [-0.25, -0.2) is 4.79 Å². The van der Waals surface area contributed by atoms with Crippen LogP contribution in [-0.2, 0) is 14.3 Å². The lowest BCUT2D eigenvalue weighted by molar-refractivity contribution is -0.148. The average molecular weight is 267 g/mol. The highest BCUT2D eigenvalue weighted by Crippen LogP contribution is 2.24. The van der Waals surface area contributed by atoms with Gasteiger partial charge in [-0.05, 0) is 31.5 Å². The maximum absolute atomic E-state index is 11.0. The largest absolute Gasteiger partial charge is 0.495 e. The first-order chi connectivity index (χ1) is 9.17. The first kappa shape index (κ1) is 15.3. The van der Waals surface area contributed by atoms with Gasteiger partial charge < -0.3 is 19.5 Å². The van der Waals surface area contributed by atoms with Crippen LogP contribution in [0.25, 0.3) is 0 Å². The molecule has 0 aliphatic rings. The highest BCUT2D eigenvalue weighted by molar-refractivity contribution is 5.70. The molecule has 0 aliphatic heterocycles. The topological polar surface area (TPSA) is 56.8 Å². The average Bonchev–Trinajstić information content (AvgIpc) is 2.39. The molecule has 0 bridgehead atoms. The fraction of sp³-hybridized carbons (Fsp3) is 0.500. The Kier molecular flexibility index (Phi) is 6.74. The monoisotopic (exact) mass is 267 g/mol. The fourth-order valence-corrected chi connectivity index (χ4v) is 1.58. The Morgan fingerprint density at radius 1 is 1.37 bits per heavy atom. The molecule has 0 saturated heterocycles. The van der Waals surface area contributed by atoms with Gasteiger partial charge in [0.2, 0.25) is 0 Å². The number of carbonyl (C=O) groups excluding carboxylic acids is 1. The van der Waals surface area contributed by atoms with Crippen LogP contribution in [0.15, 0.2) is 18.2 Å². The zero-order valence-corrected chi connectivity index (χ0v) is 11.7. The summed E-state index contributed by atoms with van der Waals surface area (Å²) in [5.74, 6) is 0.451. The molecule has 0 heterocycles. The summed E-state index contributed by atoms with van der Waals surface area (Å²) < 4.78 is 15.2. The molecule has 0 unspecified atom stereocenters. The lowest BCUT2D eigenvalue weighted by Gasteiger charge is -2.12. The predicted molar refractivity (Wildman–Crippen MR) is 73.7 cm³/mol. The molecule has 0 aromatic heterocycles. The van der Waals surface area contributed by atoms with Crippen molar-refractivity contribution in [2.45, 2.75) is 13.8 Å². The van der Waals surface area contributed by atoms with Gasteiger partial charge in [0.05, 0.1) is 26.0 Å². The first-order valence-electron chi connectivity index (χ1n) is 6.29. The SMILES string of the molecule is CCOC(=O)COCCNc1cc(C)ccc1OC. The van der Waals surface area contributed by atoms with Gasteiger partial charge in [0.1, 0.15) is 12.4 Å². The molecule has 5 heteroatoms. The van der Waals surface area contributed by atoms with Gasteiger partial charge in [-0.1, -0.05) is 6.07 Å². The van der Waals surface area contributed by atoms with Crippen LogP contribution >= 0.6 is 0 Å². The van der Waals surface area contributed by atoms with E-state index in [2.05, 4.69) is 5.32 Å². The van der Waals surface area contributed by atoms with E-state index in [0.29, 0.717) is 19.8 Å². The van der Waals surface area contributed by atoms with Crippen molar-refractivity contribution in [2.24, 2.45) is 0 Å². The maximum atomic E-state index is 11.0. The Hall–Kier alpha value is -1.75. The van der Waals surface area contributed by atoms with E-state index in [-0.39, 0.29) is 12.6 Å². The van der Waals surface area contributed by atoms with Crippen LogP contribution in [0.2, 0.25) is 0 Å². The summed E-state index contributed by atoms with van der Waals surface area (Å²) in [5.41, 5.74) is 2.07. The van der Waals surface area contributed by atoms with Crippen LogP contribution in [0.5, 0.6) is 5.75 Å². The summed E-state index contributed by atoms with van der Waals surface area (Å²) in [6.45, 7) is 5.17. The third-order valence-electron chi connectivity index (χ3n) is 2.44. The number of anilines is 1. The molecule has 1 rings (SSSR count). The van der Waals surface area contributed by atoms with Crippen molar-refractivity contribution in [3.05, 3.63) is 23.8 Å². The molecular formula is C14H21NO4. The van der Waals surface area contributed by atoms with E-state index in [0.717, 1.165) is 17.0 Å². The third-order valence-corrected chi connectivity index (χ3v) is 2.44. The Labute approximate surface area is 113 Å². The lowest BCUT2D eigenvalue weighted by Crippen LogP contribution is -2.16. The standard InChI is InChI=1S/C14H21NO4/c1-4-19-14(16)10-18-8-7-15-12-9-11(2)5-6-13(12)17-3/h5-6,9,15H,4,7-8,10H2,1-3H3. The predicted octanol–water partition coefficient (Wildman–Crippen LogP) is 2.00. The van der Waals surface area contributed by atoms with E-state index < -0.39 is 0 Å². The lowest BCUT2D eigenvalue weighted by atomic mass is 10.2. The number of aryl methyl sites for hydroxylation is 1. The van der Waals surface area contributed by atoms with E-state index >= 15 is 0 Å². The number of ether oxygens (including phenoxy) is 3. The first-order valence-corrected chi connectivity index (χ1v) is 6.29. The minimum absolute atomic E-state index is 0.0134. The number of nitrogens with one attached hydrogen (secondary N) is 1. The summed E-state index contributed by atoms with van der Waals surface area (Å²) in [6, 6.07) is 5.91. The van der Waals surface area contributed by atoms with Crippen LogP contribution < -0.4 is 10.1 Å². The number of rotatable bonds is 8. The van der Waals surface area contributed by atoms with Crippen molar-refractivity contribution in [1.82, 2.24) is 0 Å². The minimum atomic E-state index is -0.337. The van der Waals surface area contributed by atoms with Crippen molar-refractivity contribution in [2.75, 3.05) is 38.8 Å². The molecule has 106 valence electrons. The summed E-state index contributed by atoms with van der Waals surface area (Å²) in [5, 5.41) is 3.21. The molecule has 0 fully saturated rings. The van der Waals surface area contributed by atoms with E-state index in [1.54, 1.807) is 14.0 Å². The Morgan fingerprint density at radius 2 is 2.16 bits per heavy atom. The van der Waals surface area contributed by atoms with E-state index in [1.807, 2.05) is 25.1 Å². The quantitative estimate of drug-likeness (QED) is 0.576. The van der Waals surface area contributed by atoms with Crippen molar-refractivity contribution in [3.8, 4) is 5.75 Å². The Morgan fingerprint density at radius 3 is 2.84 bits per heavy atom. The maximum Gasteiger partial charge on any atom is 0.332 e. The van der Waals surface area contributed by atoms with Crippen molar-refractivity contribution < 1.29 is 19.0 Å². The Bertz CT molecular complexity index is 406. The van der Waals surface area contributed by atoms with Gasteiger partial charge >= 0.3 is 5.97 Å². The molecule has 19 heavy (non-hydrogen) atoms. The van der Waals surface area contributed by atoms with Gasteiger partial charge in [-0.2, -0.15) is 0 Å². The van der Waals surface area contributed by atoms with Gasteiger partial charge in [-0.15, -0.1) is 0 Å². The van der Waals surface area contributed by atoms with E-state index in [4.69, 9.17) is 14.2 Å². The second kappa shape index (κ2) is 8.37. The summed E-state index contributed by atoms with van der Waals surface area (Å²) in [7, 11) is 1.63. The fourth-order valence-electron chi connectivity index (χ4n) is 1.58.